The molecule has 1 unspecified atom stereocenters. The maximum Gasteiger partial charge on any atom is 0.453 e. The Morgan fingerprint density at radius 3 is 2.92 bits per heavy atom. The average Bonchev–Trinajstić information content (AvgIpc) is 2.46. The molecule has 0 radical (unpaired) electrons. The Kier molecular flexibility index (Phi) is 2.24. The Labute approximate surface area is 87.1 Å². The Morgan fingerprint density at radius 1 is 1.46 bits per heavy atom. The first-order valence-corrected chi connectivity index (χ1v) is 5.49. The molecule has 1 atom stereocenters. The zero-order valence-corrected chi connectivity index (χ0v) is 8.66. The van der Waals surface area contributed by atoms with E-state index in [1.165, 1.54) is 0 Å². The summed E-state index contributed by atoms with van der Waals surface area (Å²) in [5.74, 6) is 0. The molecule has 1 aromatic heterocycles. The second-order valence-corrected chi connectivity index (χ2v) is 5.12. The van der Waals surface area contributed by atoms with Gasteiger partial charge in [-0.3, -0.25) is 0 Å². The van der Waals surface area contributed by atoms with E-state index in [0.717, 1.165) is 10.2 Å². The number of nitrogens with zero attached hydrogens (tertiary/aromatic N) is 1. The Hall–Kier alpha value is -0.640. The van der Waals surface area contributed by atoms with Crippen LogP contribution in [0.2, 0.25) is 5.02 Å². The highest BCUT2D eigenvalue weighted by Crippen LogP contribution is 2.32. The molecule has 0 bridgehead atoms. The molecule has 0 aliphatic carbocycles. The molecule has 0 aliphatic heterocycles. The zero-order valence-electron chi connectivity index (χ0n) is 6.33. The fraction of sp³-hybridized carbons (Fsp3) is 0. The van der Waals surface area contributed by atoms with Gasteiger partial charge in [0, 0.05) is 22.7 Å². The van der Waals surface area contributed by atoms with Crippen molar-refractivity contribution in [2.45, 2.75) is 0 Å². The van der Waals surface area contributed by atoms with Crippen LogP contribution in [-0.2, 0) is 0 Å². The van der Waals surface area contributed by atoms with Crippen LogP contribution < -0.4 is 0 Å². The average molecular weight is 233 g/mol. The van der Waals surface area contributed by atoms with E-state index < -0.39 is 10.5 Å². The standard InChI is InChI=1S/C8H4Cl2NOS/c9-5-1-2-7-6(3-5)11-4-13(7)8(10)12/h1-4H/q+1. The number of hydrogen-bond donors (Lipinski definition) is 0. The summed E-state index contributed by atoms with van der Waals surface area (Å²) in [6.45, 7) is 0. The highest BCUT2D eigenvalue weighted by Gasteiger charge is 2.20. The van der Waals surface area contributed by atoms with E-state index in [2.05, 4.69) is 4.98 Å². The molecule has 0 N–H and O–H groups in total. The van der Waals surface area contributed by atoms with E-state index >= 15 is 0 Å². The number of rotatable bonds is 1. The minimum Gasteiger partial charge on any atom is -0.213 e. The van der Waals surface area contributed by atoms with Crippen molar-refractivity contribution in [2.75, 3.05) is 0 Å². The van der Waals surface area contributed by atoms with Gasteiger partial charge in [0.15, 0.2) is 0 Å². The van der Waals surface area contributed by atoms with Crippen LogP contribution in [0.25, 0.3) is 10.2 Å². The molecule has 0 saturated heterocycles. The normalized spacial score (nSPS) is 12.0. The highest BCUT2D eigenvalue weighted by atomic mass is 35.5. The lowest BCUT2D eigenvalue weighted by Crippen LogP contribution is -1.71. The van der Waals surface area contributed by atoms with Crippen molar-refractivity contribution in [3.63, 3.8) is 0 Å². The number of halogens is 2. The van der Waals surface area contributed by atoms with Crippen molar-refractivity contribution in [1.82, 2.24) is 4.98 Å². The van der Waals surface area contributed by atoms with Crippen molar-refractivity contribution in [3.8, 4) is 0 Å². The molecule has 0 spiro atoms. The van der Waals surface area contributed by atoms with Gasteiger partial charge in [-0.25, -0.2) is 4.79 Å². The minimum absolute atomic E-state index is 0.384. The number of carbonyl (C=O) groups is 1. The molecule has 0 aliphatic rings. The Bertz CT molecular complexity index is 480. The van der Waals surface area contributed by atoms with Gasteiger partial charge >= 0.3 is 4.57 Å². The molecule has 5 heteroatoms. The third-order valence-electron chi connectivity index (χ3n) is 1.63. The number of aromatic nitrogens is 1. The van der Waals surface area contributed by atoms with Crippen LogP contribution in [0.5, 0.6) is 0 Å². The van der Waals surface area contributed by atoms with Gasteiger partial charge in [0.1, 0.15) is 5.52 Å². The lowest BCUT2D eigenvalue weighted by molar-refractivity contribution is 0.275. The van der Waals surface area contributed by atoms with Gasteiger partial charge in [0.25, 0.3) is 0 Å². The summed E-state index contributed by atoms with van der Waals surface area (Å²) in [6, 6.07) is 5.24. The van der Waals surface area contributed by atoms with Crippen molar-refractivity contribution < 1.29 is 4.79 Å². The fourth-order valence-electron chi connectivity index (χ4n) is 1.07. The summed E-state index contributed by atoms with van der Waals surface area (Å²) in [5, 5.41) is 0.614. The smallest absolute Gasteiger partial charge is 0.213 e. The second-order valence-electron chi connectivity index (χ2n) is 2.42. The summed E-state index contributed by atoms with van der Waals surface area (Å²) in [6.07, 6.45) is 0. The topological polar surface area (TPSA) is 30.0 Å². The van der Waals surface area contributed by atoms with Crippen molar-refractivity contribution in [2.24, 2.45) is 0 Å². The van der Waals surface area contributed by atoms with Gasteiger partial charge in [-0.15, -0.1) is 0 Å². The van der Waals surface area contributed by atoms with Crippen molar-refractivity contribution >= 4 is 48.5 Å². The summed E-state index contributed by atoms with van der Waals surface area (Å²) in [4.78, 5) is 15.0. The molecule has 2 aromatic rings. The van der Waals surface area contributed by atoms with E-state index in [1.807, 2.05) is 0 Å². The molecule has 66 valence electrons. The van der Waals surface area contributed by atoms with Gasteiger partial charge in [-0.05, 0) is 12.1 Å². The summed E-state index contributed by atoms with van der Waals surface area (Å²) in [7, 11) is -0.686. The van der Waals surface area contributed by atoms with Crippen LogP contribution in [0.4, 0.5) is 4.79 Å². The molecule has 1 heterocycles. The fourth-order valence-corrected chi connectivity index (χ4v) is 2.75. The third kappa shape index (κ3) is 1.55. The third-order valence-corrected chi connectivity index (χ3v) is 3.84. The number of carbonyl (C=O) groups excluding carboxylic acids is 1. The highest BCUT2D eigenvalue weighted by molar-refractivity contribution is 7.60. The van der Waals surface area contributed by atoms with Gasteiger partial charge in [-0.1, -0.05) is 11.6 Å². The molecule has 13 heavy (non-hydrogen) atoms. The Morgan fingerprint density at radius 2 is 2.23 bits per heavy atom. The first-order chi connectivity index (χ1) is 6.18. The van der Waals surface area contributed by atoms with E-state index in [9.17, 15) is 4.79 Å². The summed E-state index contributed by atoms with van der Waals surface area (Å²) >= 11 is 11.2. The van der Waals surface area contributed by atoms with Gasteiger partial charge < -0.3 is 0 Å². The first-order valence-electron chi connectivity index (χ1n) is 3.45. The van der Waals surface area contributed by atoms with E-state index in [-0.39, 0.29) is 4.57 Å². The monoisotopic (exact) mass is 232 g/mol. The molecular weight excluding hydrogens is 229 g/mol. The lowest BCUT2D eigenvalue weighted by Gasteiger charge is -1.85. The van der Waals surface area contributed by atoms with Crippen LogP contribution in [0.3, 0.4) is 0 Å². The first kappa shape index (κ1) is 8.94. The SMILES string of the molecule is O=C(Cl)[s+]1cnc2cc(Cl)ccc21. The predicted molar refractivity (Wildman–Crippen MR) is 55.9 cm³/mol. The van der Waals surface area contributed by atoms with Crippen LogP contribution in [0.1, 0.15) is 0 Å². The molecule has 1 aromatic carbocycles. The minimum atomic E-state index is -0.686. The van der Waals surface area contributed by atoms with E-state index in [0.29, 0.717) is 5.02 Å². The van der Waals surface area contributed by atoms with Crippen molar-refractivity contribution in [1.29, 1.82) is 0 Å². The summed E-state index contributed by atoms with van der Waals surface area (Å²) in [5.41, 5.74) is 2.31. The van der Waals surface area contributed by atoms with Crippen LogP contribution in [0, 0.1) is 0 Å². The molecule has 0 amide bonds. The van der Waals surface area contributed by atoms with Gasteiger partial charge in [-0.2, -0.15) is 4.98 Å². The largest absolute Gasteiger partial charge is 0.453 e. The molecular formula is C8H4Cl2NOS+. The number of fused-ring (bicyclic) bond motifs is 1. The van der Waals surface area contributed by atoms with Crippen LogP contribution in [-0.4, -0.2) is 9.56 Å². The van der Waals surface area contributed by atoms with Gasteiger partial charge in [0.2, 0.25) is 10.2 Å². The predicted octanol–water partition coefficient (Wildman–Crippen LogP) is 3.84. The second kappa shape index (κ2) is 3.25. The van der Waals surface area contributed by atoms with Gasteiger partial charge in [0.05, 0.1) is 10.5 Å². The number of benzene rings is 1. The van der Waals surface area contributed by atoms with Crippen LogP contribution in [0.15, 0.2) is 23.7 Å². The number of thiazole rings is 1. The molecule has 0 saturated carbocycles. The maximum atomic E-state index is 10.9. The van der Waals surface area contributed by atoms with Crippen LogP contribution >= 0.6 is 33.7 Å². The summed E-state index contributed by atoms with van der Waals surface area (Å²) < 4.78 is 0.467. The maximum absolute atomic E-state index is 10.9. The molecule has 2 nitrogen and oxygen atoms in total. The molecule has 0 fully saturated rings. The Balaban J connectivity index is 2.76. The van der Waals surface area contributed by atoms with E-state index in [4.69, 9.17) is 23.2 Å². The quantitative estimate of drug-likeness (QED) is 0.553. The lowest BCUT2D eigenvalue weighted by atomic mass is 10.3. The number of hydrogen-bond acceptors (Lipinski definition) is 2. The van der Waals surface area contributed by atoms with Crippen molar-refractivity contribution in [3.05, 3.63) is 28.7 Å². The zero-order chi connectivity index (χ0) is 9.42. The van der Waals surface area contributed by atoms with E-state index in [1.54, 1.807) is 23.7 Å². The molecule has 2 rings (SSSR count).